The second-order valence-corrected chi connectivity index (χ2v) is 6.16. The molecule has 14 heavy (non-hydrogen) atoms. The van der Waals surface area contributed by atoms with Gasteiger partial charge in [0.1, 0.15) is 6.10 Å². The second kappa shape index (κ2) is 3.38. The third kappa shape index (κ3) is 1.32. The largest absolute Gasteiger partial charge is 0.475 e. The average Bonchev–Trinajstić information content (AvgIpc) is 2.68. The molecule has 0 unspecified atom stereocenters. The van der Waals surface area contributed by atoms with Crippen molar-refractivity contribution in [2.24, 2.45) is 23.7 Å². The molecule has 0 spiro atoms. The van der Waals surface area contributed by atoms with Crippen LogP contribution in [-0.2, 0) is 4.74 Å². The smallest absolute Gasteiger partial charge is 0.217 e. The first kappa shape index (κ1) is 9.46. The standard InChI is InChI=1S/C11H16OS2/c13-11(14)12-10-5-6-4-9(10)8-3-1-2-7(6)8/h6-10H,1-5H2,(H,13,14)/t6-,7+,8-,9-,10+/m1/s1. The van der Waals surface area contributed by atoms with Gasteiger partial charge < -0.3 is 4.74 Å². The van der Waals surface area contributed by atoms with Crippen LogP contribution in [0.15, 0.2) is 0 Å². The Labute approximate surface area is 96.0 Å². The van der Waals surface area contributed by atoms with E-state index in [-0.39, 0.29) is 0 Å². The summed E-state index contributed by atoms with van der Waals surface area (Å²) < 4.78 is 6.09. The van der Waals surface area contributed by atoms with Crippen molar-refractivity contribution >= 4 is 29.2 Å². The number of rotatable bonds is 1. The van der Waals surface area contributed by atoms with Crippen molar-refractivity contribution in [2.45, 2.75) is 38.2 Å². The Balaban J connectivity index is 1.73. The van der Waals surface area contributed by atoms with Gasteiger partial charge in [0.25, 0.3) is 0 Å². The van der Waals surface area contributed by atoms with Gasteiger partial charge in [0.2, 0.25) is 4.38 Å². The lowest BCUT2D eigenvalue weighted by Gasteiger charge is -2.31. The highest BCUT2D eigenvalue weighted by atomic mass is 32.1. The molecule has 0 heterocycles. The third-order valence-corrected chi connectivity index (χ3v) is 4.82. The van der Waals surface area contributed by atoms with Crippen molar-refractivity contribution in [2.75, 3.05) is 0 Å². The van der Waals surface area contributed by atoms with E-state index in [0.29, 0.717) is 10.5 Å². The maximum atomic E-state index is 5.65. The molecule has 0 saturated heterocycles. The maximum Gasteiger partial charge on any atom is 0.217 e. The lowest BCUT2D eigenvalue weighted by molar-refractivity contribution is 0.0814. The van der Waals surface area contributed by atoms with E-state index in [2.05, 4.69) is 12.6 Å². The predicted octanol–water partition coefficient (Wildman–Crippen LogP) is 3.04. The zero-order valence-electron chi connectivity index (χ0n) is 8.19. The van der Waals surface area contributed by atoms with Crippen LogP contribution in [0.1, 0.15) is 32.1 Å². The van der Waals surface area contributed by atoms with E-state index < -0.39 is 0 Å². The van der Waals surface area contributed by atoms with E-state index in [1.807, 2.05) is 0 Å². The van der Waals surface area contributed by atoms with Crippen LogP contribution in [0.4, 0.5) is 0 Å². The lowest BCUT2D eigenvalue weighted by Crippen LogP contribution is -2.30. The zero-order valence-corrected chi connectivity index (χ0v) is 9.90. The molecule has 5 atom stereocenters. The zero-order chi connectivity index (χ0) is 9.71. The summed E-state index contributed by atoms with van der Waals surface area (Å²) in [7, 11) is 0. The summed E-state index contributed by atoms with van der Waals surface area (Å²) in [6.07, 6.45) is 7.41. The average molecular weight is 228 g/mol. The second-order valence-electron chi connectivity index (χ2n) is 5.08. The number of thiocarbonyl (C=S) groups is 1. The van der Waals surface area contributed by atoms with Crippen LogP contribution in [0.2, 0.25) is 0 Å². The molecule has 0 aromatic rings. The molecule has 0 amide bonds. The first-order valence-electron chi connectivity index (χ1n) is 5.65. The number of hydrogen-bond acceptors (Lipinski definition) is 2. The van der Waals surface area contributed by atoms with Gasteiger partial charge in [-0.05, 0) is 61.6 Å². The molecule has 3 aliphatic carbocycles. The van der Waals surface area contributed by atoms with Crippen molar-refractivity contribution in [1.82, 2.24) is 0 Å². The van der Waals surface area contributed by atoms with Gasteiger partial charge in [-0.25, -0.2) is 0 Å². The predicted molar refractivity (Wildman–Crippen MR) is 63.5 cm³/mol. The molecular weight excluding hydrogens is 212 g/mol. The van der Waals surface area contributed by atoms with Gasteiger partial charge in [0.15, 0.2) is 0 Å². The van der Waals surface area contributed by atoms with Crippen molar-refractivity contribution in [3.8, 4) is 0 Å². The van der Waals surface area contributed by atoms with Crippen molar-refractivity contribution < 1.29 is 4.74 Å². The van der Waals surface area contributed by atoms with Gasteiger partial charge in [0, 0.05) is 0 Å². The summed E-state index contributed by atoms with van der Waals surface area (Å²) in [6, 6.07) is 0. The molecule has 3 rings (SSSR count). The Kier molecular flexibility index (Phi) is 2.28. The van der Waals surface area contributed by atoms with Crippen LogP contribution in [0.25, 0.3) is 0 Å². The summed E-state index contributed by atoms with van der Waals surface area (Å²) in [6.45, 7) is 0. The van der Waals surface area contributed by atoms with Crippen LogP contribution in [0.3, 0.4) is 0 Å². The van der Waals surface area contributed by atoms with Crippen LogP contribution in [0.5, 0.6) is 0 Å². The SMILES string of the molecule is S=C(S)O[C@H]1C[C@H]2C[C@@H]1[C@@H]1CCC[C@@H]21. The van der Waals surface area contributed by atoms with Crippen LogP contribution in [-0.4, -0.2) is 10.5 Å². The monoisotopic (exact) mass is 228 g/mol. The molecule has 3 aliphatic rings. The number of hydrogen-bond donors (Lipinski definition) is 1. The topological polar surface area (TPSA) is 9.23 Å². The Bertz CT molecular complexity index is 266. The molecule has 3 heteroatoms. The van der Waals surface area contributed by atoms with Gasteiger partial charge in [0.05, 0.1) is 0 Å². The molecule has 1 nitrogen and oxygen atoms in total. The van der Waals surface area contributed by atoms with E-state index in [4.69, 9.17) is 17.0 Å². The molecular formula is C11H16OS2. The fourth-order valence-corrected chi connectivity index (χ4v) is 4.53. The van der Waals surface area contributed by atoms with Crippen molar-refractivity contribution in [1.29, 1.82) is 0 Å². The van der Waals surface area contributed by atoms with E-state index in [1.165, 1.54) is 32.1 Å². The number of thiol groups is 1. The van der Waals surface area contributed by atoms with Crippen LogP contribution in [0, 0.1) is 23.7 Å². The molecule has 3 saturated carbocycles. The minimum Gasteiger partial charge on any atom is -0.475 e. The van der Waals surface area contributed by atoms with E-state index in [0.717, 1.165) is 23.7 Å². The highest BCUT2D eigenvalue weighted by molar-refractivity contribution is 8.10. The summed E-state index contributed by atoms with van der Waals surface area (Å²) >= 11 is 8.98. The van der Waals surface area contributed by atoms with Crippen molar-refractivity contribution in [3.63, 3.8) is 0 Å². The van der Waals surface area contributed by atoms with Crippen LogP contribution >= 0.6 is 24.8 Å². The molecule has 2 bridgehead atoms. The molecule has 0 N–H and O–H groups in total. The first-order valence-corrected chi connectivity index (χ1v) is 6.51. The third-order valence-electron chi connectivity index (χ3n) is 4.62. The van der Waals surface area contributed by atoms with Gasteiger partial charge in [-0.1, -0.05) is 19.0 Å². The Morgan fingerprint density at radius 1 is 1.14 bits per heavy atom. The molecule has 0 aromatic carbocycles. The minimum absolute atomic E-state index is 0.407. The Hall–Kier alpha value is 0.240. The van der Waals surface area contributed by atoms with E-state index in [1.54, 1.807) is 0 Å². The number of ether oxygens (including phenoxy) is 1. The van der Waals surface area contributed by atoms with Crippen molar-refractivity contribution in [3.05, 3.63) is 0 Å². The summed E-state index contributed by atoms with van der Waals surface area (Å²) in [4.78, 5) is 0. The summed E-state index contributed by atoms with van der Waals surface area (Å²) in [5, 5.41) is 0. The normalized spacial score (nSPS) is 49.4. The molecule has 3 fully saturated rings. The minimum atomic E-state index is 0.407. The quantitative estimate of drug-likeness (QED) is 0.545. The first-order chi connectivity index (χ1) is 6.75. The molecule has 78 valence electrons. The fourth-order valence-electron chi connectivity index (χ4n) is 4.27. The molecule has 0 aromatic heterocycles. The lowest BCUT2D eigenvalue weighted by atomic mass is 9.80. The Morgan fingerprint density at radius 2 is 1.93 bits per heavy atom. The highest BCUT2D eigenvalue weighted by Crippen LogP contribution is 2.59. The number of fused-ring (bicyclic) bond motifs is 5. The fraction of sp³-hybridized carbons (Fsp3) is 0.909. The maximum absolute atomic E-state index is 5.65. The van der Waals surface area contributed by atoms with Gasteiger partial charge >= 0.3 is 0 Å². The van der Waals surface area contributed by atoms with Gasteiger partial charge in [-0.15, -0.1) is 0 Å². The highest BCUT2D eigenvalue weighted by Gasteiger charge is 2.54. The molecule has 0 aliphatic heterocycles. The van der Waals surface area contributed by atoms with Gasteiger partial charge in [-0.2, -0.15) is 0 Å². The summed E-state index contributed by atoms with van der Waals surface area (Å²) in [5.74, 6) is 3.74. The van der Waals surface area contributed by atoms with Crippen LogP contribution < -0.4 is 0 Å². The Morgan fingerprint density at radius 3 is 2.71 bits per heavy atom. The molecule has 0 radical (unpaired) electrons. The van der Waals surface area contributed by atoms with E-state index in [9.17, 15) is 0 Å². The van der Waals surface area contributed by atoms with E-state index >= 15 is 0 Å². The van der Waals surface area contributed by atoms with Gasteiger partial charge in [-0.3, -0.25) is 0 Å². The summed E-state index contributed by atoms with van der Waals surface area (Å²) in [5.41, 5.74) is 0.